The van der Waals surface area contributed by atoms with Gasteiger partial charge in [0, 0.05) is 0 Å². The first-order valence-electron chi connectivity index (χ1n) is 5.82. The fourth-order valence-electron chi connectivity index (χ4n) is 1.60. The molecule has 4 heteroatoms. The van der Waals surface area contributed by atoms with Crippen molar-refractivity contribution in [3.05, 3.63) is 35.9 Å². The second kappa shape index (κ2) is 8.34. The summed E-state index contributed by atoms with van der Waals surface area (Å²) < 4.78 is 3.74. The quantitative estimate of drug-likeness (QED) is 0.618. The minimum atomic E-state index is -0.981. The Morgan fingerprint density at radius 2 is 1.24 bits per heavy atom. The SMILES string of the molecule is C[Si](C)(C)N[Si](C)(C)C.Cc1cc[c-]cc1.[Li+]. The molecular formula is C13H26LiNSi2. The molecule has 0 spiro atoms. The van der Waals surface area contributed by atoms with E-state index in [4.69, 9.17) is 0 Å². The van der Waals surface area contributed by atoms with Crippen molar-refractivity contribution in [1.82, 2.24) is 4.65 Å². The van der Waals surface area contributed by atoms with Gasteiger partial charge in [0.2, 0.25) is 0 Å². The smallest absolute Gasteiger partial charge is 0.360 e. The molecule has 1 aromatic carbocycles. The van der Waals surface area contributed by atoms with E-state index >= 15 is 0 Å². The van der Waals surface area contributed by atoms with E-state index in [1.54, 1.807) is 0 Å². The molecule has 0 saturated heterocycles. The standard InChI is InChI=1S/C7H7.C6H19NSi2.Li/c1-7-5-3-2-4-6-7;1-8(2,3)7-9(4,5)6;/h3-6H,1H3;7H,1-6H3;/q-1;;+1. The Bertz CT molecular complexity index is 277. The van der Waals surface area contributed by atoms with Crippen LogP contribution in [0.15, 0.2) is 24.3 Å². The normalized spacial score (nSPS) is 11.0. The summed E-state index contributed by atoms with van der Waals surface area (Å²) in [5.74, 6) is 0. The van der Waals surface area contributed by atoms with Gasteiger partial charge < -0.3 is 4.65 Å². The van der Waals surface area contributed by atoms with Crippen LogP contribution in [0.1, 0.15) is 5.56 Å². The third kappa shape index (κ3) is 16.2. The number of nitrogens with one attached hydrogen (secondary N) is 1. The van der Waals surface area contributed by atoms with Gasteiger partial charge in [-0.2, -0.15) is 35.9 Å². The van der Waals surface area contributed by atoms with Gasteiger partial charge in [-0.15, -0.1) is 0 Å². The Hall–Kier alpha value is 0.211. The van der Waals surface area contributed by atoms with Crippen LogP contribution in [-0.2, 0) is 0 Å². The average Bonchev–Trinajstić information content (AvgIpc) is 1.99. The van der Waals surface area contributed by atoms with Crippen LogP contribution in [0.5, 0.6) is 0 Å². The van der Waals surface area contributed by atoms with Gasteiger partial charge in [-0.05, 0) is 0 Å². The van der Waals surface area contributed by atoms with Crippen LogP contribution in [0.25, 0.3) is 0 Å². The maximum atomic E-state index is 3.74. The molecule has 1 aromatic rings. The minimum absolute atomic E-state index is 0. The Morgan fingerprint density at radius 3 is 1.35 bits per heavy atom. The number of benzene rings is 1. The van der Waals surface area contributed by atoms with Crippen LogP contribution in [0.4, 0.5) is 0 Å². The van der Waals surface area contributed by atoms with Crippen molar-refractivity contribution in [3.8, 4) is 0 Å². The fraction of sp³-hybridized carbons (Fsp3) is 0.538. The maximum absolute atomic E-state index is 3.74. The fourth-order valence-corrected chi connectivity index (χ4v) is 10.6. The third-order valence-electron chi connectivity index (χ3n) is 1.63. The predicted molar refractivity (Wildman–Crippen MR) is 79.8 cm³/mol. The van der Waals surface area contributed by atoms with Gasteiger partial charge in [-0.25, -0.2) is 0 Å². The van der Waals surface area contributed by atoms with Crippen molar-refractivity contribution < 1.29 is 18.9 Å². The summed E-state index contributed by atoms with van der Waals surface area (Å²) >= 11 is 0. The van der Waals surface area contributed by atoms with Crippen molar-refractivity contribution >= 4 is 16.5 Å². The van der Waals surface area contributed by atoms with Gasteiger partial charge in [0.1, 0.15) is 16.5 Å². The summed E-state index contributed by atoms with van der Waals surface area (Å²) in [4.78, 5) is 0. The molecule has 1 rings (SSSR count). The first-order chi connectivity index (χ1) is 7.10. The van der Waals surface area contributed by atoms with Crippen molar-refractivity contribution in [2.45, 2.75) is 46.2 Å². The van der Waals surface area contributed by atoms with E-state index in [1.807, 2.05) is 24.3 Å². The van der Waals surface area contributed by atoms with Gasteiger partial charge in [-0.3, -0.25) is 0 Å². The molecule has 0 radical (unpaired) electrons. The number of hydrogen-bond acceptors (Lipinski definition) is 1. The Labute approximate surface area is 122 Å². The zero-order valence-corrected chi connectivity index (χ0v) is 14.8. The molecule has 0 amide bonds. The van der Waals surface area contributed by atoms with E-state index in [1.165, 1.54) is 5.56 Å². The molecule has 0 fully saturated rings. The molecule has 0 unspecified atom stereocenters. The molecule has 1 N–H and O–H groups in total. The topological polar surface area (TPSA) is 12.0 Å². The van der Waals surface area contributed by atoms with Gasteiger partial charge >= 0.3 is 18.9 Å². The molecule has 0 heterocycles. The molecule has 0 bridgehead atoms. The van der Waals surface area contributed by atoms with E-state index in [0.29, 0.717) is 0 Å². The van der Waals surface area contributed by atoms with Crippen LogP contribution in [-0.4, -0.2) is 16.5 Å². The first-order valence-corrected chi connectivity index (χ1v) is 12.8. The van der Waals surface area contributed by atoms with Crippen molar-refractivity contribution in [2.24, 2.45) is 0 Å². The monoisotopic (exact) mass is 259 g/mol. The third-order valence-corrected chi connectivity index (χ3v) is 7.63. The van der Waals surface area contributed by atoms with Crippen molar-refractivity contribution in [2.75, 3.05) is 0 Å². The van der Waals surface area contributed by atoms with E-state index in [-0.39, 0.29) is 18.9 Å². The number of aryl methyl sites for hydroxylation is 1. The van der Waals surface area contributed by atoms with Crippen molar-refractivity contribution in [1.29, 1.82) is 0 Å². The summed E-state index contributed by atoms with van der Waals surface area (Å²) in [7, 11) is -1.96. The average molecular weight is 259 g/mol. The Kier molecular flexibility index (Phi) is 9.59. The summed E-state index contributed by atoms with van der Waals surface area (Å²) in [6.07, 6.45) is 0. The summed E-state index contributed by atoms with van der Waals surface area (Å²) in [5, 5.41) is 0. The van der Waals surface area contributed by atoms with E-state index < -0.39 is 16.5 Å². The maximum Gasteiger partial charge on any atom is 1.00 e. The van der Waals surface area contributed by atoms with E-state index in [9.17, 15) is 0 Å². The number of rotatable bonds is 2. The molecule has 17 heavy (non-hydrogen) atoms. The van der Waals surface area contributed by atoms with Crippen LogP contribution in [0.3, 0.4) is 0 Å². The molecule has 0 aliphatic heterocycles. The summed E-state index contributed by atoms with van der Waals surface area (Å²) in [5.41, 5.74) is 1.29. The molecular weight excluding hydrogens is 233 g/mol. The van der Waals surface area contributed by atoms with Crippen LogP contribution in [0, 0.1) is 13.0 Å². The van der Waals surface area contributed by atoms with Crippen LogP contribution in [0.2, 0.25) is 39.3 Å². The molecule has 0 aromatic heterocycles. The second-order valence-electron chi connectivity index (χ2n) is 6.20. The van der Waals surface area contributed by atoms with Gasteiger partial charge in [-0.1, -0.05) is 46.2 Å². The summed E-state index contributed by atoms with van der Waals surface area (Å²) in [6.45, 7) is 16.2. The first kappa shape index (κ1) is 19.5. The molecule has 1 nitrogen and oxygen atoms in total. The molecule has 0 aliphatic carbocycles. The Morgan fingerprint density at radius 1 is 0.882 bits per heavy atom. The van der Waals surface area contributed by atoms with E-state index in [2.05, 4.69) is 56.9 Å². The van der Waals surface area contributed by atoms with Gasteiger partial charge in [0.05, 0.1) is 0 Å². The van der Waals surface area contributed by atoms with Crippen LogP contribution < -0.4 is 23.5 Å². The van der Waals surface area contributed by atoms with Gasteiger partial charge in [0.15, 0.2) is 0 Å². The molecule has 0 aliphatic rings. The Balaban J connectivity index is 0. The zero-order valence-electron chi connectivity index (χ0n) is 12.8. The second-order valence-corrected chi connectivity index (χ2v) is 16.2. The van der Waals surface area contributed by atoms with Crippen molar-refractivity contribution in [3.63, 3.8) is 0 Å². The van der Waals surface area contributed by atoms with E-state index in [0.717, 1.165) is 0 Å². The van der Waals surface area contributed by atoms with Crippen LogP contribution >= 0.6 is 0 Å². The predicted octanol–water partition coefficient (Wildman–Crippen LogP) is 1.05. The minimum Gasteiger partial charge on any atom is -0.360 e. The molecule has 0 atom stereocenters. The summed E-state index contributed by atoms with van der Waals surface area (Å²) in [6, 6.07) is 10.8. The number of hydrogen-bond donors (Lipinski definition) is 1. The molecule has 92 valence electrons. The zero-order chi connectivity index (χ0) is 12.8. The largest absolute Gasteiger partial charge is 1.00 e. The van der Waals surface area contributed by atoms with Gasteiger partial charge in [0.25, 0.3) is 0 Å². The molecule has 0 saturated carbocycles.